The molecule has 0 atom stereocenters. The van der Waals surface area contributed by atoms with E-state index in [1.807, 2.05) is 18.2 Å². The third-order valence-electron chi connectivity index (χ3n) is 3.32. The number of ether oxygens (including phenoxy) is 1. The molecule has 0 aliphatic heterocycles. The van der Waals surface area contributed by atoms with Gasteiger partial charge in [-0.15, -0.1) is 11.3 Å². The number of sulfonamides is 1. The molecule has 0 radical (unpaired) electrons. The maximum atomic E-state index is 12.3. The summed E-state index contributed by atoms with van der Waals surface area (Å²) in [5.74, 6) is 0.519. The molecular formula is C19H20N2O4S2. The second kappa shape index (κ2) is 9.84. The molecule has 0 amide bonds. The lowest BCUT2D eigenvalue weighted by molar-refractivity contribution is -0.120. The molecule has 0 aliphatic rings. The van der Waals surface area contributed by atoms with Gasteiger partial charge in [-0.1, -0.05) is 36.4 Å². The lowest BCUT2D eigenvalue weighted by Crippen LogP contribution is -2.13. The van der Waals surface area contributed by atoms with Crippen molar-refractivity contribution in [3.63, 3.8) is 0 Å². The minimum absolute atomic E-state index is 0.00923. The Morgan fingerprint density at radius 3 is 2.67 bits per heavy atom. The van der Waals surface area contributed by atoms with Crippen LogP contribution in [0.25, 0.3) is 0 Å². The Kier molecular flexibility index (Phi) is 7.51. The highest BCUT2D eigenvalue weighted by Gasteiger charge is 2.15. The number of rotatable bonds is 10. The Morgan fingerprint density at radius 1 is 1.30 bits per heavy atom. The molecule has 0 saturated carbocycles. The van der Waals surface area contributed by atoms with Gasteiger partial charge in [0.2, 0.25) is 0 Å². The van der Waals surface area contributed by atoms with Crippen molar-refractivity contribution in [2.24, 2.45) is 0 Å². The number of Topliss-reactive ketones (excluding diaryl/α,β-unsaturated/α-hetero) is 1. The summed E-state index contributed by atoms with van der Waals surface area (Å²) in [6.45, 7) is 5.24. The van der Waals surface area contributed by atoms with E-state index in [1.54, 1.807) is 30.5 Å². The molecule has 142 valence electrons. The molecule has 0 saturated heterocycles. The minimum Gasteiger partial charge on any atom is -0.486 e. The number of benzene rings is 1. The summed E-state index contributed by atoms with van der Waals surface area (Å²) in [6.07, 6.45) is 5.89. The van der Waals surface area contributed by atoms with Crippen molar-refractivity contribution in [2.75, 3.05) is 11.3 Å². The van der Waals surface area contributed by atoms with E-state index in [-0.39, 0.29) is 28.8 Å². The summed E-state index contributed by atoms with van der Waals surface area (Å²) in [6, 6.07) is 9.06. The SMILES string of the molecule is C=C/C(=C\C=C(/C)CC(=O)COc1ccccc1)S(=O)(=O)Nc1nccs1. The highest BCUT2D eigenvalue weighted by molar-refractivity contribution is 7.96. The quantitative estimate of drug-likeness (QED) is 0.606. The van der Waals surface area contributed by atoms with Crippen LogP contribution >= 0.6 is 11.3 Å². The molecular weight excluding hydrogens is 384 g/mol. The maximum absolute atomic E-state index is 12.3. The fourth-order valence-corrected chi connectivity index (χ4v) is 3.80. The second-order valence-corrected chi connectivity index (χ2v) is 8.12. The van der Waals surface area contributed by atoms with Crippen LogP contribution in [0.2, 0.25) is 0 Å². The third kappa shape index (κ3) is 6.84. The number of allylic oxidation sites excluding steroid dienone is 4. The molecule has 1 N–H and O–H groups in total. The van der Waals surface area contributed by atoms with Gasteiger partial charge in [0.15, 0.2) is 10.9 Å². The fourth-order valence-electron chi connectivity index (χ4n) is 2.04. The lowest BCUT2D eigenvalue weighted by Gasteiger charge is -2.06. The van der Waals surface area contributed by atoms with Gasteiger partial charge < -0.3 is 4.74 Å². The highest BCUT2D eigenvalue weighted by atomic mass is 32.2. The molecule has 0 fully saturated rings. The number of nitrogens with zero attached hydrogens (tertiary/aromatic N) is 1. The van der Waals surface area contributed by atoms with E-state index in [2.05, 4.69) is 16.3 Å². The van der Waals surface area contributed by atoms with Crippen LogP contribution in [0, 0.1) is 0 Å². The predicted octanol–water partition coefficient (Wildman–Crippen LogP) is 3.94. The largest absolute Gasteiger partial charge is 0.486 e. The van der Waals surface area contributed by atoms with Crippen LogP contribution in [0.15, 0.2) is 77.2 Å². The van der Waals surface area contributed by atoms with Crippen molar-refractivity contribution in [3.8, 4) is 5.75 Å². The molecule has 1 heterocycles. The van der Waals surface area contributed by atoms with Crippen LogP contribution in [-0.2, 0) is 14.8 Å². The van der Waals surface area contributed by atoms with Gasteiger partial charge in [0.1, 0.15) is 12.4 Å². The molecule has 2 rings (SSSR count). The molecule has 0 aliphatic carbocycles. The van der Waals surface area contributed by atoms with Crippen molar-refractivity contribution in [2.45, 2.75) is 13.3 Å². The first kappa shape index (κ1) is 20.6. The van der Waals surface area contributed by atoms with Crippen LogP contribution in [0.5, 0.6) is 5.75 Å². The Labute approximate surface area is 163 Å². The topological polar surface area (TPSA) is 85.4 Å². The smallest absolute Gasteiger partial charge is 0.263 e. The van der Waals surface area contributed by atoms with Gasteiger partial charge in [0.25, 0.3) is 10.0 Å². The van der Waals surface area contributed by atoms with Crippen LogP contribution in [-0.4, -0.2) is 25.8 Å². The van der Waals surface area contributed by atoms with Crippen LogP contribution in [0.3, 0.4) is 0 Å². The lowest BCUT2D eigenvalue weighted by atomic mass is 10.1. The van der Waals surface area contributed by atoms with E-state index in [4.69, 9.17) is 4.74 Å². The molecule has 0 spiro atoms. The minimum atomic E-state index is -3.78. The number of ketones is 1. The molecule has 8 heteroatoms. The van der Waals surface area contributed by atoms with E-state index >= 15 is 0 Å². The summed E-state index contributed by atoms with van der Waals surface area (Å²) in [5.41, 5.74) is 0.709. The number of carbonyl (C=O) groups excluding carboxylic acids is 1. The first-order chi connectivity index (χ1) is 12.9. The van der Waals surface area contributed by atoms with Crippen molar-refractivity contribution >= 4 is 32.3 Å². The fraction of sp³-hybridized carbons (Fsp3) is 0.158. The standard InChI is InChI=1S/C19H20N2O4S2/c1-3-18(27(23,24)21-19-20-11-12-26-19)10-9-15(2)13-16(22)14-25-17-7-5-4-6-8-17/h3-12H,1,13-14H2,2H3,(H,20,21)/b15-9+,18-10+. The first-order valence-corrected chi connectivity index (χ1v) is 10.4. The Morgan fingerprint density at radius 2 is 2.04 bits per heavy atom. The Balaban J connectivity index is 1.96. The van der Waals surface area contributed by atoms with E-state index < -0.39 is 10.0 Å². The van der Waals surface area contributed by atoms with E-state index in [9.17, 15) is 13.2 Å². The van der Waals surface area contributed by atoms with Gasteiger partial charge in [0.05, 0.1) is 4.91 Å². The summed E-state index contributed by atoms with van der Waals surface area (Å²) >= 11 is 1.18. The normalized spacial score (nSPS) is 12.5. The zero-order valence-corrected chi connectivity index (χ0v) is 16.4. The molecule has 27 heavy (non-hydrogen) atoms. The van der Waals surface area contributed by atoms with Crippen molar-refractivity contribution in [1.82, 2.24) is 4.98 Å². The number of para-hydroxylation sites is 1. The zero-order valence-electron chi connectivity index (χ0n) is 14.8. The van der Waals surface area contributed by atoms with Crippen molar-refractivity contribution < 1.29 is 17.9 Å². The molecule has 0 unspecified atom stereocenters. The van der Waals surface area contributed by atoms with Gasteiger partial charge >= 0.3 is 0 Å². The number of thiazole rings is 1. The van der Waals surface area contributed by atoms with Gasteiger partial charge in [-0.25, -0.2) is 13.4 Å². The van der Waals surface area contributed by atoms with Crippen molar-refractivity contribution in [1.29, 1.82) is 0 Å². The second-order valence-electron chi connectivity index (χ2n) is 5.55. The zero-order chi connectivity index (χ0) is 19.7. The average Bonchev–Trinajstić information content (AvgIpc) is 3.13. The monoisotopic (exact) mass is 404 g/mol. The Hall–Kier alpha value is -2.71. The average molecular weight is 405 g/mol. The number of nitrogens with one attached hydrogen (secondary N) is 1. The van der Waals surface area contributed by atoms with Gasteiger partial charge in [-0.05, 0) is 31.2 Å². The number of hydrogen-bond acceptors (Lipinski definition) is 6. The number of carbonyl (C=O) groups is 1. The van der Waals surface area contributed by atoms with E-state index in [0.717, 1.165) is 0 Å². The molecule has 0 bridgehead atoms. The summed E-state index contributed by atoms with van der Waals surface area (Å²) in [5, 5.41) is 1.94. The summed E-state index contributed by atoms with van der Waals surface area (Å²) in [4.78, 5) is 15.9. The summed E-state index contributed by atoms with van der Waals surface area (Å²) < 4.78 is 32.4. The molecule has 1 aromatic carbocycles. The van der Waals surface area contributed by atoms with E-state index in [1.165, 1.54) is 29.7 Å². The van der Waals surface area contributed by atoms with Gasteiger partial charge in [0, 0.05) is 18.0 Å². The predicted molar refractivity (Wildman–Crippen MR) is 108 cm³/mol. The maximum Gasteiger partial charge on any atom is 0.263 e. The van der Waals surface area contributed by atoms with Crippen LogP contribution in [0.1, 0.15) is 13.3 Å². The van der Waals surface area contributed by atoms with E-state index in [0.29, 0.717) is 11.3 Å². The molecule has 6 nitrogen and oxygen atoms in total. The van der Waals surface area contributed by atoms with Crippen LogP contribution in [0.4, 0.5) is 5.13 Å². The van der Waals surface area contributed by atoms with Crippen molar-refractivity contribution in [3.05, 3.63) is 77.2 Å². The number of hydrogen-bond donors (Lipinski definition) is 1. The summed E-state index contributed by atoms with van der Waals surface area (Å²) in [7, 11) is -3.78. The number of aromatic nitrogens is 1. The molecule has 1 aromatic heterocycles. The molecule has 2 aromatic rings. The van der Waals surface area contributed by atoms with Gasteiger partial charge in [-0.2, -0.15) is 0 Å². The highest BCUT2D eigenvalue weighted by Crippen LogP contribution is 2.18. The third-order valence-corrected chi connectivity index (χ3v) is 5.52. The Bertz CT molecular complexity index is 931. The van der Waals surface area contributed by atoms with Gasteiger partial charge in [-0.3, -0.25) is 9.52 Å². The number of anilines is 1. The van der Waals surface area contributed by atoms with Crippen LogP contribution < -0.4 is 9.46 Å². The first-order valence-electron chi connectivity index (χ1n) is 8.02.